The maximum absolute atomic E-state index is 13.9. The normalized spacial score (nSPS) is 18.4. The summed E-state index contributed by atoms with van der Waals surface area (Å²) in [5.41, 5.74) is 1.61. The largest absolute Gasteiger partial charge is 0.507 e. The van der Waals surface area contributed by atoms with E-state index in [1.807, 2.05) is 19.9 Å². The van der Waals surface area contributed by atoms with E-state index in [4.69, 9.17) is 4.74 Å². The number of rotatable bonds is 2. The number of carbonyl (C=O) groups excluding carboxylic acids is 2. The number of phenolic OH excluding ortho intramolecular Hbond substituents is 2. The second kappa shape index (κ2) is 6.50. The molecule has 168 valence electrons. The number of aryl methyl sites for hydroxylation is 3. The minimum absolute atomic E-state index is 0.00448. The van der Waals surface area contributed by atoms with Crippen molar-refractivity contribution in [2.45, 2.75) is 47.0 Å². The number of fused-ring (bicyclic) bond motifs is 4. The Hall–Kier alpha value is -4.01. The molecule has 2 aliphatic rings. The molecule has 0 amide bonds. The summed E-state index contributed by atoms with van der Waals surface area (Å²) in [6, 6.07) is 1.84. The molecule has 1 unspecified atom stereocenters. The van der Waals surface area contributed by atoms with Crippen LogP contribution < -0.4 is 4.74 Å². The molecule has 2 N–H and O–H groups in total. The van der Waals surface area contributed by atoms with E-state index in [-0.39, 0.29) is 45.5 Å². The molecular weight excluding hydrogens is 424 g/mol. The highest BCUT2D eigenvalue weighted by atomic mass is 16.5. The van der Waals surface area contributed by atoms with Crippen LogP contribution in [0.2, 0.25) is 0 Å². The van der Waals surface area contributed by atoms with Gasteiger partial charge in [0.1, 0.15) is 34.0 Å². The van der Waals surface area contributed by atoms with Crippen molar-refractivity contribution < 1.29 is 24.5 Å². The average molecular weight is 446 g/mol. The van der Waals surface area contributed by atoms with Crippen molar-refractivity contribution in [2.24, 2.45) is 0 Å². The summed E-state index contributed by atoms with van der Waals surface area (Å²) >= 11 is 0. The SMILES string of the molecule is CC(=O)c1c(O)c(C)c(O)c2c1OC1=Cc3c(c(C)nn3-c3nc(C)cc(C)n3)C(=O)C12C. The number of hydrogen-bond acceptors (Lipinski definition) is 8. The first-order chi connectivity index (χ1) is 15.5. The highest BCUT2D eigenvalue weighted by Crippen LogP contribution is 2.58. The van der Waals surface area contributed by atoms with Crippen LogP contribution in [0.5, 0.6) is 17.2 Å². The molecular formula is C24H22N4O5. The van der Waals surface area contributed by atoms with Crippen molar-refractivity contribution in [1.29, 1.82) is 0 Å². The van der Waals surface area contributed by atoms with Crippen molar-refractivity contribution in [3.8, 4) is 23.2 Å². The monoisotopic (exact) mass is 446 g/mol. The second-order valence-electron chi connectivity index (χ2n) is 8.73. The molecule has 9 heteroatoms. The molecule has 2 aromatic heterocycles. The quantitative estimate of drug-likeness (QED) is 0.574. The lowest BCUT2D eigenvalue weighted by molar-refractivity contribution is 0.0905. The maximum Gasteiger partial charge on any atom is 0.251 e. The second-order valence-corrected chi connectivity index (χ2v) is 8.73. The van der Waals surface area contributed by atoms with Crippen LogP contribution in [0.3, 0.4) is 0 Å². The van der Waals surface area contributed by atoms with Crippen LogP contribution in [0.1, 0.15) is 68.5 Å². The summed E-state index contributed by atoms with van der Waals surface area (Å²) < 4.78 is 7.51. The minimum atomic E-state index is -1.39. The van der Waals surface area contributed by atoms with Gasteiger partial charge in [0.15, 0.2) is 11.6 Å². The lowest BCUT2D eigenvalue weighted by Gasteiger charge is -2.27. The van der Waals surface area contributed by atoms with Gasteiger partial charge < -0.3 is 14.9 Å². The average Bonchev–Trinajstić information content (AvgIpc) is 3.21. The Bertz CT molecular complexity index is 1450. The number of hydrogen-bond donors (Lipinski definition) is 2. The summed E-state index contributed by atoms with van der Waals surface area (Å²) in [5.74, 6) is -0.877. The predicted octanol–water partition coefficient (Wildman–Crippen LogP) is 3.40. The number of allylic oxidation sites excluding steroid dienone is 1. The highest BCUT2D eigenvalue weighted by molar-refractivity contribution is 6.14. The fraction of sp³-hybridized carbons (Fsp3) is 0.292. The van der Waals surface area contributed by atoms with Crippen molar-refractivity contribution in [2.75, 3.05) is 0 Å². The third kappa shape index (κ3) is 2.56. The van der Waals surface area contributed by atoms with Gasteiger partial charge in [0.2, 0.25) is 0 Å². The number of ether oxygens (including phenoxy) is 1. The molecule has 9 nitrogen and oxygen atoms in total. The number of ketones is 2. The van der Waals surface area contributed by atoms with Crippen LogP contribution in [-0.4, -0.2) is 41.5 Å². The molecule has 1 aliphatic carbocycles. The Morgan fingerprint density at radius 1 is 1.09 bits per heavy atom. The zero-order valence-corrected chi connectivity index (χ0v) is 19.1. The van der Waals surface area contributed by atoms with Crippen LogP contribution in [0.25, 0.3) is 12.0 Å². The molecule has 0 saturated carbocycles. The van der Waals surface area contributed by atoms with E-state index < -0.39 is 11.2 Å². The first-order valence-electron chi connectivity index (χ1n) is 10.4. The summed E-state index contributed by atoms with van der Waals surface area (Å²) in [7, 11) is 0. The molecule has 1 aliphatic heterocycles. The summed E-state index contributed by atoms with van der Waals surface area (Å²) in [5, 5.41) is 26.0. The Kier molecular flexibility index (Phi) is 4.11. The predicted molar refractivity (Wildman–Crippen MR) is 118 cm³/mol. The van der Waals surface area contributed by atoms with Crippen LogP contribution in [0, 0.1) is 27.7 Å². The molecule has 1 aromatic carbocycles. The van der Waals surface area contributed by atoms with E-state index in [2.05, 4.69) is 15.1 Å². The molecule has 0 spiro atoms. The third-order valence-electron chi connectivity index (χ3n) is 6.40. The van der Waals surface area contributed by atoms with Crippen LogP contribution in [0.4, 0.5) is 0 Å². The summed E-state index contributed by atoms with van der Waals surface area (Å²) in [4.78, 5) is 35.2. The standard InChI is InChI=1S/C24H22N4O5/c1-9-7-10(2)26-23(25-9)28-14-8-15-24(6,22(32)16(14)12(4)27-28)18-20(31)11(3)19(30)17(13(5)29)21(18)33-15/h7-8,30-31H,1-6H3. The van der Waals surface area contributed by atoms with Gasteiger partial charge in [-0.15, -0.1) is 0 Å². The Morgan fingerprint density at radius 3 is 2.33 bits per heavy atom. The molecule has 0 radical (unpaired) electrons. The number of phenols is 2. The van der Waals surface area contributed by atoms with E-state index in [1.165, 1.54) is 18.5 Å². The van der Waals surface area contributed by atoms with E-state index in [1.54, 1.807) is 19.9 Å². The van der Waals surface area contributed by atoms with Gasteiger partial charge in [-0.1, -0.05) is 0 Å². The molecule has 0 saturated heterocycles. The van der Waals surface area contributed by atoms with Gasteiger partial charge in [-0.05, 0) is 47.6 Å². The van der Waals surface area contributed by atoms with Crippen molar-refractivity contribution in [3.63, 3.8) is 0 Å². The Balaban J connectivity index is 1.81. The van der Waals surface area contributed by atoms with Crippen LogP contribution >= 0.6 is 0 Å². The van der Waals surface area contributed by atoms with Gasteiger partial charge in [-0.2, -0.15) is 9.78 Å². The molecule has 0 bridgehead atoms. The van der Waals surface area contributed by atoms with Gasteiger partial charge in [0.25, 0.3) is 5.95 Å². The van der Waals surface area contributed by atoms with E-state index in [0.717, 1.165) is 11.4 Å². The Morgan fingerprint density at radius 2 is 1.73 bits per heavy atom. The highest BCUT2D eigenvalue weighted by Gasteiger charge is 2.55. The van der Waals surface area contributed by atoms with E-state index in [9.17, 15) is 19.8 Å². The molecule has 3 heterocycles. The van der Waals surface area contributed by atoms with Crippen LogP contribution in [0.15, 0.2) is 11.8 Å². The van der Waals surface area contributed by atoms with Crippen molar-refractivity contribution >= 4 is 17.6 Å². The van der Waals surface area contributed by atoms with E-state index >= 15 is 0 Å². The summed E-state index contributed by atoms with van der Waals surface area (Å²) in [6.07, 6.45) is 1.66. The number of Topliss-reactive ketones (excluding diaryl/α,β-unsaturated/α-hetero) is 2. The maximum atomic E-state index is 13.9. The zero-order chi connectivity index (χ0) is 24.0. The molecule has 3 aromatic rings. The van der Waals surface area contributed by atoms with Gasteiger partial charge in [-0.25, -0.2) is 9.97 Å². The van der Waals surface area contributed by atoms with Gasteiger partial charge in [-0.3, -0.25) is 9.59 Å². The number of carbonyl (C=O) groups is 2. The zero-order valence-electron chi connectivity index (χ0n) is 19.1. The van der Waals surface area contributed by atoms with Crippen LogP contribution in [-0.2, 0) is 5.41 Å². The van der Waals surface area contributed by atoms with Gasteiger partial charge in [0, 0.05) is 23.0 Å². The Labute approximate surface area is 189 Å². The number of nitrogens with zero attached hydrogens (tertiary/aromatic N) is 4. The van der Waals surface area contributed by atoms with Gasteiger partial charge in [0.05, 0.1) is 22.5 Å². The summed E-state index contributed by atoms with van der Waals surface area (Å²) in [6.45, 7) is 9.84. The first-order valence-corrected chi connectivity index (χ1v) is 10.4. The molecule has 33 heavy (non-hydrogen) atoms. The smallest absolute Gasteiger partial charge is 0.251 e. The molecule has 5 rings (SSSR count). The lowest BCUT2D eigenvalue weighted by atomic mass is 9.71. The first kappa shape index (κ1) is 20.9. The number of benzene rings is 1. The topological polar surface area (TPSA) is 127 Å². The van der Waals surface area contributed by atoms with Crippen molar-refractivity contribution in [1.82, 2.24) is 19.7 Å². The molecule has 0 fully saturated rings. The minimum Gasteiger partial charge on any atom is -0.507 e. The van der Waals surface area contributed by atoms with Crippen molar-refractivity contribution in [3.05, 3.63) is 56.9 Å². The van der Waals surface area contributed by atoms with E-state index in [0.29, 0.717) is 22.9 Å². The lowest BCUT2D eigenvalue weighted by Crippen LogP contribution is -2.36. The third-order valence-corrected chi connectivity index (χ3v) is 6.40. The fourth-order valence-corrected chi connectivity index (χ4v) is 4.74. The fourth-order valence-electron chi connectivity index (χ4n) is 4.74. The number of aromatic nitrogens is 4. The number of aromatic hydroxyl groups is 2. The van der Waals surface area contributed by atoms with Gasteiger partial charge >= 0.3 is 0 Å². The molecule has 1 atom stereocenters.